The summed E-state index contributed by atoms with van der Waals surface area (Å²) in [5, 5.41) is 3.53. The van der Waals surface area contributed by atoms with Gasteiger partial charge in [-0.15, -0.1) is 0 Å². The number of rotatable bonds is 2. The molecule has 1 aliphatic rings. The number of hydrogen-bond acceptors (Lipinski definition) is 3. The van der Waals surface area contributed by atoms with Crippen LogP contribution >= 0.6 is 0 Å². The van der Waals surface area contributed by atoms with Crippen molar-refractivity contribution in [1.82, 2.24) is 10.2 Å². The molecule has 2 rings (SSSR count). The smallest absolute Gasteiger partial charge is 0.118 e. The second kappa shape index (κ2) is 5.69. The van der Waals surface area contributed by atoms with Crippen molar-refractivity contribution in [2.24, 2.45) is 11.8 Å². The van der Waals surface area contributed by atoms with Crippen LogP contribution in [0.1, 0.15) is 25.4 Å². The minimum atomic E-state index is 0.707. The van der Waals surface area contributed by atoms with Crippen LogP contribution in [0.25, 0.3) is 0 Å². The molecule has 1 N–H and O–H groups in total. The van der Waals surface area contributed by atoms with Crippen LogP contribution in [-0.2, 0) is 6.54 Å². The summed E-state index contributed by atoms with van der Waals surface area (Å²) in [7, 11) is 0. The van der Waals surface area contributed by atoms with Gasteiger partial charge in [-0.1, -0.05) is 13.8 Å². The lowest BCUT2D eigenvalue weighted by atomic mass is 10.1. The van der Waals surface area contributed by atoms with Crippen molar-refractivity contribution in [1.29, 1.82) is 0 Å². The van der Waals surface area contributed by atoms with Crippen molar-refractivity contribution < 1.29 is 4.42 Å². The third kappa shape index (κ3) is 3.86. The van der Waals surface area contributed by atoms with E-state index < -0.39 is 0 Å². The molecule has 0 spiro atoms. The molecule has 0 bridgehead atoms. The first-order valence-electron chi connectivity index (χ1n) is 6.62. The summed E-state index contributed by atoms with van der Waals surface area (Å²) in [4.78, 5) is 2.52. The van der Waals surface area contributed by atoms with E-state index in [9.17, 15) is 0 Å². The summed E-state index contributed by atoms with van der Waals surface area (Å²) in [5.41, 5.74) is 0. The van der Waals surface area contributed by atoms with Crippen molar-refractivity contribution in [2.75, 3.05) is 26.2 Å². The molecule has 1 aromatic rings. The largest absolute Gasteiger partial charge is 0.465 e. The Labute approximate surface area is 104 Å². The van der Waals surface area contributed by atoms with Gasteiger partial charge in [0.25, 0.3) is 0 Å². The summed E-state index contributed by atoms with van der Waals surface area (Å²) < 4.78 is 5.67. The van der Waals surface area contributed by atoms with Gasteiger partial charge >= 0.3 is 0 Å². The van der Waals surface area contributed by atoms with Crippen LogP contribution in [0.3, 0.4) is 0 Å². The number of hydrogen-bond donors (Lipinski definition) is 1. The second-order valence-corrected chi connectivity index (χ2v) is 5.58. The van der Waals surface area contributed by atoms with E-state index in [1.54, 1.807) is 0 Å². The highest BCUT2D eigenvalue weighted by molar-refractivity contribution is 5.05. The van der Waals surface area contributed by atoms with E-state index >= 15 is 0 Å². The van der Waals surface area contributed by atoms with Crippen molar-refractivity contribution >= 4 is 0 Å². The maximum absolute atomic E-state index is 5.67. The van der Waals surface area contributed by atoms with Crippen LogP contribution in [0.4, 0.5) is 0 Å². The molecule has 96 valence electrons. The van der Waals surface area contributed by atoms with E-state index in [1.165, 1.54) is 0 Å². The Morgan fingerprint density at radius 2 is 1.88 bits per heavy atom. The van der Waals surface area contributed by atoms with Crippen LogP contribution in [0.15, 0.2) is 16.5 Å². The molecule has 1 aliphatic heterocycles. The molecule has 3 heteroatoms. The normalized spacial score (nSPS) is 27.7. The molecule has 17 heavy (non-hydrogen) atoms. The predicted octanol–water partition coefficient (Wildman–Crippen LogP) is 2.27. The zero-order valence-corrected chi connectivity index (χ0v) is 11.2. The Morgan fingerprint density at radius 3 is 2.41 bits per heavy atom. The molecule has 0 radical (unpaired) electrons. The highest BCUT2D eigenvalue weighted by Crippen LogP contribution is 2.14. The molecular weight excluding hydrogens is 212 g/mol. The average molecular weight is 236 g/mol. The van der Waals surface area contributed by atoms with Gasteiger partial charge < -0.3 is 9.73 Å². The minimum absolute atomic E-state index is 0.707. The van der Waals surface area contributed by atoms with Gasteiger partial charge in [-0.2, -0.15) is 0 Å². The van der Waals surface area contributed by atoms with Crippen LogP contribution in [-0.4, -0.2) is 31.1 Å². The van der Waals surface area contributed by atoms with Gasteiger partial charge in [0, 0.05) is 13.1 Å². The quantitative estimate of drug-likeness (QED) is 0.854. The number of aryl methyl sites for hydroxylation is 1. The molecule has 3 nitrogen and oxygen atoms in total. The molecule has 1 fully saturated rings. The topological polar surface area (TPSA) is 28.4 Å². The average Bonchev–Trinajstić information content (AvgIpc) is 2.61. The number of furan rings is 1. The van der Waals surface area contributed by atoms with Gasteiger partial charge in [-0.25, -0.2) is 0 Å². The van der Waals surface area contributed by atoms with Crippen molar-refractivity contribution in [2.45, 2.75) is 27.3 Å². The van der Waals surface area contributed by atoms with E-state index in [4.69, 9.17) is 4.42 Å². The fourth-order valence-corrected chi connectivity index (χ4v) is 2.58. The molecule has 0 aliphatic carbocycles. The van der Waals surface area contributed by atoms with E-state index in [0.29, 0.717) is 11.8 Å². The van der Waals surface area contributed by atoms with Gasteiger partial charge in [-0.3, -0.25) is 4.90 Å². The van der Waals surface area contributed by atoms with Crippen LogP contribution in [0.2, 0.25) is 0 Å². The standard InChI is InChI=1S/C14H24N2O/c1-11-6-15-7-12(2)9-16(8-11)10-14-5-4-13(3)17-14/h4-5,11-12,15H,6-10H2,1-3H3. The molecule has 0 amide bonds. The summed E-state index contributed by atoms with van der Waals surface area (Å²) >= 11 is 0. The molecular formula is C14H24N2O. The third-order valence-electron chi connectivity index (χ3n) is 3.30. The highest BCUT2D eigenvalue weighted by Gasteiger charge is 2.18. The van der Waals surface area contributed by atoms with Gasteiger partial charge in [0.1, 0.15) is 11.5 Å². The van der Waals surface area contributed by atoms with E-state index in [1.807, 2.05) is 13.0 Å². The summed E-state index contributed by atoms with van der Waals surface area (Å²) in [6.45, 7) is 12.1. The van der Waals surface area contributed by atoms with Gasteiger partial charge in [0.05, 0.1) is 6.54 Å². The molecule has 1 aromatic heterocycles. The summed E-state index contributed by atoms with van der Waals surface area (Å²) in [5.74, 6) is 3.52. The maximum atomic E-state index is 5.67. The SMILES string of the molecule is Cc1ccc(CN2CC(C)CNCC(C)C2)o1. The van der Waals surface area contributed by atoms with Crippen molar-refractivity contribution in [3.05, 3.63) is 23.7 Å². The van der Waals surface area contributed by atoms with Crippen LogP contribution in [0, 0.1) is 18.8 Å². The van der Waals surface area contributed by atoms with Gasteiger partial charge in [-0.05, 0) is 44.0 Å². The number of nitrogens with one attached hydrogen (secondary N) is 1. The fraction of sp³-hybridized carbons (Fsp3) is 0.714. The molecule has 1 saturated heterocycles. The first-order valence-corrected chi connectivity index (χ1v) is 6.62. The van der Waals surface area contributed by atoms with Crippen LogP contribution in [0.5, 0.6) is 0 Å². The molecule has 2 unspecified atom stereocenters. The fourth-order valence-electron chi connectivity index (χ4n) is 2.58. The lowest BCUT2D eigenvalue weighted by Crippen LogP contribution is -2.42. The molecule has 2 heterocycles. The number of nitrogens with zero attached hydrogens (tertiary/aromatic N) is 1. The summed E-state index contributed by atoms with van der Waals surface area (Å²) in [6.07, 6.45) is 0. The minimum Gasteiger partial charge on any atom is -0.465 e. The highest BCUT2D eigenvalue weighted by atomic mass is 16.3. The molecule has 0 aromatic carbocycles. The van der Waals surface area contributed by atoms with Gasteiger partial charge in [0.2, 0.25) is 0 Å². The van der Waals surface area contributed by atoms with E-state index in [0.717, 1.165) is 44.2 Å². The zero-order valence-electron chi connectivity index (χ0n) is 11.2. The monoisotopic (exact) mass is 236 g/mol. The van der Waals surface area contributed by atoms with E-state index in [-0.39, 0.29) is 0 Å². The maximum Gasteiger partial charge on any atom is 0.118 e. The Bertz CT molecular complexity index is 336. The summed E-state index contributed by atoms with van der Waals surface area (Å²) in [6, 6.07) is 4.15. The Morgan fingerprint density at radius 1 is 1.24 bits per heavy atom. The van der Waals surface area contributed by atoms with Crippen molar-refractivity contribution in [3.63, 3.8) is 0 Å². The Balaban J connectivity index is 1.96. The zero-order chi connectivity index (χ0) is 12.3. The predicted molar refractivity (Wildman–Crippen MR) is 69.9 cm³/mol. The third-order valence-corrected chi connectivity index (χ3v) is 3.30. The van der Waals surface area contributed by atoms with Crippen molar-refractivity contribution in [3.8, 4) is 0 Å². The molecule has 2 atom stereocenters. The lowest BCUT2D eigenvalue weighted by molar-refractivity contribution is 0.167. The van der Waals surface area contributed by atoms with Crippen LogP contribution < -0.4 is 5.32 Å². The first-order chi connectivity index (χ1) is 8.13. The Hall–Kier alpha value is -0.800. The Kier molecular flexibility index (Phi) is 4.24. The first kappa shape index (κ1) is 12.7. The van der Waals surface area contributed by atoms with Gasteiger partial charge in [0.15, 0.2) is 0 Å². The second-order valence-electron chi connectivity index (χ2n) is 5.58. The molecule has 0 saturated carbocycles. The van der Waals surface area contributed by atoms with E-state index in [2.05, 4.69) is 30.1 Å². The lowest BCUT2D eigenvalue weighted by Gasteiger charge is -2.31.